The second-order valence-electron chi connectivity index (χ2n) is 4.58. The molecule has 0 aliphatic heterocycles. The van der Waals surface area contributed by atoms with Crippen LogP contribution in [0.3, 0.4) is 0 Å². The number of nitrogens with one attached hydrogen (secondary N) is 1. The number of nitrogens with zero attached hydrogens (tertiary/aromatic N) is 1. The Hall–Kier alpha value is -1.16. The zero-order valence-electron chi connectivity index (χ0n) is 10.3. The average Bonchev–Trinajstić information content (AvgIpc) is 2.16. The van der Waals surface area contributed by atoms with Gasteiger partial charge in [0.15, 0.2) is 0 Å². The molecule has 3 N–H and O–H groups in total. The third-order valence-electron chi connectivity index (χ3n) is 2.75. The van der Waals surface area contributed by atoms with Gasteiger partial charge in [0.1, 0.15) is 10.8 Å². The highest BCUT2D eigenvalue weighted by Gasteiger charge is 2.18. The van der Waals surface area contributed by atoms with E-state index in [1.54, 1.807) is 6.20 Å². The third kappa shape index (κ3) is 2.92. The van der Waals surface area contributed by atoms with E-state index in [1.165, 1.54) is 0 Å². The summed E-state index contributed by atoms with van der Waals surface area (Å²) in [4.78, 5) is 4.70. The van der Waals surface area contributed by atoms with Gasteiger partial charge in [-0.3, -0.25) is 0 Å². The van der Waals surface area contributed by atoms with Gasteiger partial charge in [0.05, 0.1) is 5.56 Å². The molecule has 0 saturated carbocycles. The van der Waals surface area contributed by atoms with Crippen molar-refractivity contribution >= 4 is 23.0 Å². The molecule has 16 heavy (non-hydrogen) atoms. The Kier molecular flexibility index (Phi) is 3.86. The third-order valence-corrected chi connectivity index (χ3v) is 2.95. The number of hydrogen-bond acceptors (Lipinski definition) is 3. The molecule has 1 aromatic rings. The van der Waals surface area contributed by atoms with Crippen LogP contribution >= 0.6 is 12.2 Å². The predicted molar refractivity (Wildman–Crippen MR) is 72.9 cm³/mol. The van der Waals surface area contributed by atoms with Crippen molar-refractivity contribution in [1.82, 2.24) is 4.98 Å². The van der Waals surface area contributed by atoms with Crippen LogP contribution in [-0.4, -0.2) is 15.5 Å². The number of hydrogen-bond donors (Lipinski definition) is 2. The molecule has 0 aliphatic carbocycles. The molecular formula is C12H19N3S. The van der Waals surface area contributed by atoms with Crippen LogP contribution in [0.5, 0.6) is 0 Å². The van der Waals surface area contributed by atoms with Gasteiger partial charge in [-0.1, -0.05) is 19.1 Å². The van der Waals surface area contributed by atoms with E-state index in [-0.39, 0.29) is 5.54 Å². The van der Waals surface area contributed by atoms with E-state index < -0.39 is 0 Å². The van der Waals surface area contributed by atoms with E-state index in [9.17, 15) is 0 Å². The van der Waals surface area contributed by atoms with Crippen LogP contribution in [0.4, 0.5) is 5.82 Å². The Labute approximate surface area is 102 Å². The SMILES string of the molecule is CCC(C)(C)Nc1nccc(C)c1C(N)=S. The normalized spacial score (nSPS) is 11.2. The summed E-state index contributed by atoms with van der Waals surface area (Å²) in [6.07, 6.45) is 2.77. The molecular weight excluding hydrogens is 218 g/mol. The topological polar surface area (TPSA) is 50.9 Å². The molecule has 0 bridgehead atoms. The van der Waals surface area contributed by atoms with Gasteiger partial charge in [-0.05, 0) is 38.8 Å². The number of aromatic nitrogens is 1. The van der Waals surface area contributed by atoms with E-state index in [2.05, 4.69) is 31.1 Å². The lowest BCUT2D eigenvalue weighted by molar-refractivity contribution is 0.545. The maximum atomic E-state index is 5.73. The van der Waals surface area contributed by atoms with Crippen LogP contribution < -0.4 is 11.1 Å². The van der Waals surface area contributed by atoms with Crippen LogP contribution in [0.25, 0.3) is 0 Å². The fraction of sp³-hybridized carbons (Fsp3) is 0.500. The first kappa shape index (κ1) is 12.9. The van der Waals surface area contributed by atoms with Gasteiger partial charge >= 0.3 is 0 Å². The van der Waals surface area contributed by atoms with Gasteiger partial charge < -0.3 is 11.1 Å². The maximum Gasteiger partial charge on any atom is 0.136 e. The quantitative estimate of drug-likeness (QED) is 0.790. The van der Waals surface area contributed by atoms with Gasteiger partial charge in [-0.2, -0.15) is 0 Å². The molecule has 0 aliphatic rings. The highest BCUT2D eigenvalue weighted by molar-refractivity contribution is 7.80. The molecule has 1 aromatic heterocycles. The zero-order chi connectivity index (χ0) is 12.3. The van der Waals surface area contributed by atoms with E-state index in [4.69, 9.17) is 18.0 Å². The highest BCUT2D eigenvalue weighted by Crippen LogP contribution is 2.21. The second kappa shape index (κ2) is 4.78. The minimum absolute atomic E-state index is 0.0136. The van der Waals surface area contributed by atoms with Crippen LogP contribution in [0.2, 0.25) is 0 Å². The molecule has 3 nitrogen and oxygen atoms in total. The number of aryl methyl sites for hydroxylation is 1. The minimum atomic E-state index is -0.0136. The van der Waals surface area contributed by atoms with Gasteiger partial charge in [0.2, 0.25) is 0 Å². The summed E-state index contributed by atoms with van der Waals surface area (Å²) in [5, 5.41) is 3.38. The zero-order valence-corrected chi connectivity index (χ0v) is 11.1. The van der Waals surface area contributed by atoms with E-state index in [0.717, 1.165) is 23.4 Å². The molecule has 1 heterocycles. The highest BCUT2D eigenvalue weighted by atomic mass is 32.1. The van der Waals surface area contributed by atoms with Gasteiger partial charge in [-0.15, -0.1) is 0 Å². The Morgan fingerprint density at radius 2 is 2.19 bits per heavy atom. The minimum Gasteiger partial charge on any atom is -0.389 e. The van der Waals surface area contributed by atoms with E-state index >= 15 is 0 Å². The fourth-order valence-corrected chi connectivity index (χ4v) is 1.63. The molecule has 0 amide bonds. The summed E-state index contributed by atoms with van der Waals surface area (Å²) in [7, 11) is 0. The van der Waals surface area contributed by atoms with Crippen molar-refractivity contribution in [1.29, 1.82) is 0 Å². The van der Waals surface area contributed by atoms with Crippen LogP contribution in [0.1, 0.15) is 38.3 Å². The van der Waals surface area contributed by atoms with Crippen molar-refractivity contribution < 1.29 is 0 Å². The number of anilines is 1. The van der Waals surface area contributed by atoms with Crippen LogP contribution in [0, 0.1) is 6.92 Å². The molecule has 88 valence electrons. The van der Waals surface area contributed by atoms with Crippen molar-refractivity contribution in [3.8, 4) is 0 Å². The number of nitrogens with two attached hydrogens (primary N) is 1. The monoisotopic (exact) mass is 237 g/mol. The summed E-state index contributed by atoms with van der Waals surface area (Å²) in [6, 6.07) is 1.92. The second-order valence-corrected chi connectivity index (χ2v) is 5.02. The number of rotatable bonds is 4. The first-order valence-electron chi connectivity index (χ1n) is 5.41. The Morgan fingerprint density at radius 3 is 2.69 bits per heavy atom. The molecule has 0 fully saturated rings. The summed E-state index contributed by atoms with van der Waals surface area (Å²) < 4.78 is 0. The summed E-state index contributed by atoms with van der Waals surface area (Å²) in [5.41, 5.74) is 7.61. The van der Waals surface area contributed by atoms with E-state index in [1.807, 2.05) is 13.0 Å². The summed E-state index contributed by atoms with van der Waals surface area (Å²) in [6.45, 7) is 8.37. The summed E-state index contributed by atoms with van der Waals surface area (Å²) in [5.74, 6) is 0.777. The molecule has 0 spiro atoms. The molecule has 0 aromatic carbocycles. The van der Waals surface area contributed by atoms with Crippen molar-refractivity contribution in [3.63, 3.8) is 0 Å². The molecule has 0 atom stereocenters. The number of thiocarbonyl (C=S) groups is 1. The average molecular weight is 237 g/mol. The van der Waals surface area contributed by atoms with E-state index in [0.29, 0.717) is 4.99 Å². The van der Waals surface area contributed by atoms with Gasteiger partial charge in [0.25, 0.3) is 0 Å². The molecule has 0 radical (unpaired) electrons. The van der Waals surface area contributed by atoms with Crippen molar-refractivity contribution in [2.24, 2.45) is 5.73 Å². The lowest BCUT2D eigenvalue weighted by Gasteiger charge is -2.26. The van der Waals surface area contributed by atoms with Crippen molar-refractivity contribution in [2.75, 3.05) is 5.32 Å². The number of pyridine rings is 1. The maximum absolute atomic E-state index is 5.73. The predicted octanol–water partition coefficient (Wildman–Crippen LogP) is 2.62. The lowest BCUT2D eigenvalue weighted by atomic mass is 10.0. The molecule has 4 heteroatoms. The fourth-order valence-electron chi connectivity index (χ4n) is 1.37. The lowest BCUT2D eigenvalue weighted by Crippen LogP contribution is -2.31. The standard InChI is InChI=1S/C12H19N3S/c1-5-12(3,4)15-11-9(10(13)16)8(2)6-7-14-11/h6-7H,5H2,1-4H3,(H2,13,16)(H,14,15). The summed E-state index contributed by atoms with van der Waals surface area (Å²) >= 11 is 5.06. The van der Waals surface area contributed by atoms with Gasteiger partial charge in [0, 0.05) is 11.7 Å². The molecule has 1 rings (SSSR count). The van der Waals surface area contributed by atoms with Crippen LogP contribution in [-0.2, 0) is 0 Å². The van der Waals surface area contributed by atoms with Crippen LogP contribution in [0.15, 0.2) is 12.3 Å². The van der Waals surface area contributed by atoms with Gasteiger partial charge in [-0.25, -0.2) is 4.98 Å². The Morgan fingerprint density at radius 1 is 1.56 bits per heavy atom. The molecule has 0 saturated heterocycles. The van der Waals surface area contributed by atoms with Crippen molar-refractivity contribution in [2.45, 2.75) is 39.7 Å². The first-order valence-corrected chi connectivity index (χ1v) is 5.82. The first-order chi connectivity index (χ1) is 7.37. The molecule has 0 unspecified atom stereocenters. The van der Waals surface area contributed by atoms with Crippen molar-refractivity contribution in [3.05, 3.63) is 23.4 Å². The Bertz CT molecular complexity index is 399. The largest absolute Gasteiger partial charge is 0.389 e. The smallest absolute Gasteiger partial charge is 0.136 e. The Balaban J connectivity index is 3.14.